The summed E-state index contributed by atoms with van der Waals surface area (Å²) in [5, 5.41) is 8.41. The molecule has 0 fully saturated rings. The van der Waals surface area contributed by atoms with Crippen molar-refractivity contribution in [2.45, 2.75) is 45.7 Å². The van der Waals surface area contributed by atoms with E-state index in [0.29, 0.717) is 13.0 Å². The molecule has 1 amide bonds. The number of imidazole rings is 1. The van der Waals surface area contributed by atoms with Gasteiger partial charge in [0, 0.05) is 32.4 Å². The van der Waals surface area contributed by atoms with Gasteiger partial charge < -0.3 is 14.5 Å². The highest BCUT2D eigenvalue weighted by atomic mass is 16.2. The van der Waals surface area contributed by atoms with Gasteiger partial charge >= 0.3 is 0 Å². The second kappa shape index (κ2) is 6.66. The van der Waals surface area contributed by atoms with Crippen LogP contribution in [0.4, 0.5) is 0 Å². The lowest BCUT2D eigenvalue weighted by atomic mass is 10.2. The molecule has 7 heteroatoms. The minimum absolute atomic E-state index is 0.184. The molecule has 7 nitrogen and oxygen atoms in total. The molecule has 1 aromatic carbocycles. The maximum atomic E-state index is 12.5. The van der Waals surface area contributed by atoms with Crippen molar-refractivity contribution in [1.82, 2.24) is 29.6 Å². The molecule has 0 aliphatic carbocycles. The number of hydrogen-bond donors (Lipinski definition) is 1. The summed E-state index contributed by atoms with van der Waals surface area (Å²) in [6.45, 7) is 4.17. The van der Waals surface area contributed by atoms with Gasteiger partial charge in [0.2, 0.25) is 5.91 Å². The van der Waals surface area contributed by atoms with Gasteiger partial charge in [-0.15, -0.1) is 10.2 Å². The van der Waals surface area contributed by atoms with Crippen LogP contribution in [0.1, 0.15) is 37.2 Å². The van der Waals surface area contributed by atoms with Crippen LogP contribution in [-0.4, -0.2) is 42.1 Å². The Morgan fingerprint density at radius 3 is 2.96 bits per heavy atom. The molecule has 0 saturated heterocycles. The molecule has 1 N–H and O–H groups in total. The van der Waals surface area contributed by atoms with Crippen LogP contribution in [0.15, 0.2) is 24.3 Å². The molecule has 130 valence electrons. The van der Waals surface area contributed by atoms with Gasteiger partial charge in [-0.1, -0.05) is 19.1 Å². The van der Waals surface area contributed by atoms with E-state index in [1.54, 1.807) is 0 Å². The van der Waals surface area contributed by atoms with Crippen molar-refractivity contribution in [3.05, 3.63) is 41.7 Å². The van der Waals surface area contributed by atoms with Crippen LogP contribution >= 0.6 is 0 Å². The van der Waals surface area contributed by atoms with Crippen LogP contribution in [0.5, 0.6) is 0 Å². The fourth-order valence-corrected chi connectivity index (χ4v) is 3.38. The molecule has 4 rings (SSSR count). The average molecular weight is 338 g/mol. The number of fused-ring (bicyclic) bond motifs is 2. The smallest absolute Gasteiger partial charge is 0.223 e. The Morgan fingerprint density at radius 1 is 1.24 bits per heavy atom. The average Bonchev–Trinajstić information content (AvgIpc) is 3.24. The van der Waals surface area contributed by atoms with Crippen molar-refractivity contribution >= 4 is 16.9 Å². The van der Waals surface area contributed by atoms with Crippen LogP contribution in [-0.2, 0) is 30.7 Å². The first-order valence-electron chi connectivity index (χ1n) is 8.87. The SMILES string of the molecule is CCc1nnc2n1CCN(C(=O)CCCc1nc3ccccc3[nH]1)C2. The summed E-state index contributed by atoms with van der Waals surface area (Å²) in [6.07, 6.45) is 2.98. The molecule has 0 bridgehead atoms. The van der Waals surface area contributed by atoms with E-state index in [1.165, 1.54) is 0 Å². The lowest BCUT2D eigenvalue weighted by molar-refractivity contribution is -0.132. The molecular weight excluding hydrogens is 316 g/mol. The van der Waals surface area contributed by atoms with E-state index >= 15 is 0 Å². The van der Waals surface area contributed by atoms with E-state index in [2.05, 4.69) is 31.7 Å². The van der Waals surface area contributed by atoms with Crippen molar-refractivity contribution in [2.24, 2.45) is 0 Å². The second-order valence-electron chi connectivity index (χ2n) is 6.41. The van der Waals surface area contributed by atoms with E-state index in [4.69, 9.17) is 0 Å². The van der Waals surface area contributed by atoms with Crippen molar-refractivity contribution in [3.8, 4) is 0 Å². The van der Waals surface area contributed by atoms with Crippen molar-refractivity contribution in [3.63, 3.8) is 0 Å². The third-order valence-electron chi connectivity index (χ3n) is 4.74. The first-order valence-corrected chi connectivity index (χ1v) is 8.87. The zero-order valence-corrected chi connectivity index (χ0v) is 14.4. The molecule has 0 unspecified atom stereocenters. The minimum atomic E-state index is 0.184. The molecule has 0 atom stereocenters. The molecular formula is C18H22N6O. The number of carbonyl (C=O) groups is 1. The predicted molar refractivity (Wildman–Crippen MR) is 93.8 cm³/mol. The summed E-state index contributed by atoms with van der Waals surface area (Å²) in [4.78, 5) is 22.3. The summed E-state index contributed by atoms with van der Waals surface area (Å²) in [6, 6.07) is 7.99. The number of rotatable bonds is 5. The van der Waals surface area contributed by atoms with Crippen molar-refractivity contribution in [1.29, 1.82) is 0 Å². The maximum absolute atomic E-state index is 12.5. The van der Waals surface area contributed by atoms with E-state index in [0.717, 1.165) is 60.9 Å². The van der Waals surface area contributed by atoms with Crippen LogP contribution in [0.25, 0.3) is 11.0 Å². The van der Waals surface area contributed by atoms with Crippen LogP contribution in [0.2, 0.25) is 0 Å². The molecule has 2 aromatic heterocycles. The Bertz CT molecular complexity index is 863. The highest BCUT2D eigenvalue weighted by Gasteiger charge is 2.23. The fourth-order valence-electron chi connectivity index (χ4n) is 3.38. The zero-order chi connectivity index (χ0) is 17.2. The quantitative estimate of drug-likeness (QED) is 0.772. The number of hydrogen-bond acceptors (Lipinski definition) is 4. The number of nitrogens with zero attached hydrogens (tertiary/aromatic N) is 5. The number of amides is 1. The van der Waals surface area contributed by atoms with Gasteiger partial charge in [-0.25, -0.2) is 4.98 Å². The minimum Gasteiger partial charge on any atom is -0.342 e. The Morgan fingerprint density at radius 2 is 2.12 bits per heavy atom. The van der Waals surface area contributed by atoms with Gasteiger partial charge in [0.05, 0.1) is 17.6 Å². The van der Waals surface area contributed by atoms with Crippen LogP contribution in [0.3, 0.4) is 0 Å². The normalized spacial score (nSPS) is 14.0. The summed E-state index contributed by atoms with van der Waals surface area (Å²) < 4.78 is 2.14. The maximum Gasteiger partial charge on any atom is 0.223 e. The summed E-state index contributed by atoms with van der Waals surface area (Å²) >= 11 is 0. The first-order chi connectivity index (χ1) is 12.2. The van der Waals surface area contributed by atoms with E-state index in [9.17, 15) is 4.79 Å². The predicted octanol–water partition coefficient (Wildman–Crippen LogP) is 2.08. The van der Waals surface area contributed by atoms with E-state index in [1.807, 2.05) is 29.2 Å². The highest BCUT2D eigenvalue weighted by molar-refractivity contribution is 5.76. The van der Waals surface area contributed by atoms with Gasteiger partial charge in [-0.05, 0) is 18.6 Å². The fraction of sp³-hybridized carbons (Fsp3) is 0.444. The number of benzene rings is 1. The van der Waals surface area contributed by atoms with Crippen molar-refractivity contribution in [2.75, 3.05) is 6.54 Å². The molecule has 0 spiro atoms. The van der Waals surface area contributed by atoms with Gasteiger partial charge in [0.25, 0.3) is 0 Å². The summed E-state index contributed by atoms with van der Waals surface area (Å²) in [5.74, 6) is 3.03. The number of aromatic amines is 1. The van der Waals surface area contributed by atoms with Crippen LogP contribution < -0.4 is 0 Å². The standard InChI is InChI=1S/C18H22N6O/c1-2-16-21-22-17-12-23(10-11-24(16)17)18(25)9-5-8-15-19-13-6-3-4-7-14(13)20-15/h3-4,6-7H,2,5,8-12H2,1H3,(H,19,20). The third-order valence-corrected chi connectivity index (χ3v) is 4.74. The van der Waals surface area contributed by atoms with Crippen molar-refractivity contribution < 1.29 is 4.79 Å². The van der Waals surface area contributed by atoms with Gasteiger partial charge in [0.15, 0.2) is 5.82 Å². The number of nitrogens with one attached hydrogen (secondary N) is 1. The van der Waals surface area contributed by atoms with Gasteiger partial charge in [-0.2, -0.15) is 0 Å². The monoisotopic (exact) mass is 338 g/mol. The largest absolute Gasteiger partial charge is 0.342 e. The molecule has 3 heterocycles. The van der Waals surface area contributed by atoms with E-state index in [-0.39, 0.29) is 5.91 Å². The zero-order valence-electron chi connectivity index (χ0n) is 14.4. The number of aryl methyl sites for hydroxylation is 2. The van der Waals surface area contributed by atoms with Gasteiger partial charge in [-0.3, -0.25) is 4.79 Å². The Labute approximate surface area is 146 Å². The second-order valence-corrected chi connectivity index (χ2v) is 6.41. The lowest BCUT2D eigenvalue weighted by Crippen LogP contribution is -2.38. The third kappa shape index (κ3) is 3.14. The molecule has 1 aliphatic rings. The first kappa shape index (κ1) is 15.8. The van der Waals surface area contributed by atoms with E-state index < -0.39 is 0 Å². The van der Waals surface area contributed by atoms with Crippen LogP contribution in [0, 0.1) is 0 Å². The highest BCUT2D eigenvalue weighted by Crippen LogP contribution is 2.16. The number of H-pyrrole nitrogens is 1. The molecule has 25 heavy (non-hydrogen) atoms. The topological polar surface area (TPSA) is 79.7 Å². The Balaban J connectivity index is 1.32. The molecule has 1 aliphatic heterocycles. The lowest BCUT2D eigenvalue weighted by Gasteiger charge is -2.27. The molecule has 0 saturated carbocycles. The molecule has 0 radical (unpaired) electrons. The summed E-state index contributed by atoms with van der Waals surface area (Å²) in [5.41, 5.74) is 2.02. The Kier molecular flexibility index (Phi) is 4.21. The number of aromatic nitrogens is 5. The number of carbonyl (C=O) groups excluding carboxylic acids is 1. The molecule has 3 aromatic rings. The van der Waals surface area contributed by atoms with Gasteiger partial charge in [0.1, 0.15) is 11.6 Å². The number of para-hydroxylation sites is 2. The Hall–Kier alpha value is -2.70. The summed E-state index contributed by atoms with van der Waals surface area (Å²) in [7, 11) is 0.